The van der Waals surface area contributed by atoms with Crippen molar-refractivity contribution >= 4 is 29.1 Å². The highest BCUT2D eigenvalue weighted by atomic mass is 35.5. The van der Waals surface area contributed by atoms with Crippen LogP contribution in [0.5, 0.6) is 0 Å². The van der Waals surface area contributed by atoms with Crippen LogP contribution in [0.1, 0.15) is 53.8 Å². The number of rotatable bonds is 8. The van der Waals surface area contributed by atoms with Gasteiger partial charge in [-0.15, -0.1) is 10.2 Å². The van der Waals surface area contributed by atoms with Crippen molar-refractivity contribution in [2.24, 2.45) is 0 Å². The molecular formula is C31H31ClFN5O. The van der Waals surface area contributed by atoms with Gasteiger partial charge in [0.05, 0.1) is 12.0 Å². The first-order valence-corrected chi connectivity index (χ1v) is 13.8. The molecule has 1 aliphatic carbocycles. The summed E-state index contributed by atoms with van der Waals surface area (Å²) in [5, 5.41) is 10.2. The molecule has 2 heterocycles. The first kappa shape index (κ1) is 25.6. The number of hydrogen-bond donors (Lipinski definition) is 0. The third-order valence-electron chi connectivity index (χ3n) is 7.93. The Morgan fingerprint density at radius 3 is 2.51 bits per heavy atom. The normalized spacial score (nSPS) is 16.1. The van der Waals surface area contributed by atoms with Crippen LogP contribution in [0.25, 0.3) is 0 Å². The summed E-state index contributed by atoms with van der Waals surface area (Å²) in [6, 6.07) is 21.4. The van der Waals surface area contributed by atoms with Gasteiger partial charge in [-0.3, -0.25) is 9.36 Å². The molecule has 8 heteroatoms. The zero-order valence-electron chi connectivity index (χ0n) is 22.2. The van der Waals surface area contributed by atoms with Gasteiger partial charge in [0.1, 0.15) is 11.6 Å². The monoisotopic (exact) mass is 543 g/mol. The Labute approximate surface area is 233 Å². The Kier molecular flexibility index (Phi) is 6.63. The molecule has 0 N–H and O–H groups in total. The lowest BCUT2D eigenvalue weighted by atomic mass is 9.95. The maximum absolute atomic E-state index is 13.9. The van der Waals surface area contributed by atoms with Crippen molar-refractivity contribution in [3.8, 4) is 0 Å². The largest absolute Gasteiger partial charge is 0.340 e. The quantitative estimate of drug-likeness (QED) is 0.263. The van der Waals surface area contributed by atoms with E-state index in [1.54, 1.807) is 6.92 Å². The second-order valence-electron chi connectivity index (χ2n) is 10.8. The van der Waals surface area contributed by atoms with Crippen molar-refractivity contribution in [2.45, 2.75) is 51.1 Å². The van der Waals surface area contributed by atoms with E-state index < -0.39 is 0 Å². The molecule has 2 fully saturated rings. The van der Waals surface area contributed by atoms with Crippen molar-refractivity contribution in [3.05, 3.63) is 106 Å². The van der Waals surface area contributed by atoms with Crippen molar-refractivity contribution in [1.29, 1.82) is 0 Å². The number of anilines is 2. The molecule has 4 aromatic rings. The molecule has 39 heavy (non-hydrogen) atoms. The zero-order valence-corrected chi connectivity index (χ0v) is 23.0. The van der Waals surface area contributed by atoms with Crippen LogP contribution < -0.4 is 9.80 Å². The van der Waals surface area contributed by atoms with Gasteiger partial charge in [0.15, 0.2) is 0 Å². The molecule has 6 rings (SSSR count). The van der Waals surface area contributed by atoms with Gasteiger partial charge in [-0.2, -0.15) is 0 Å². The number of hydrogen-bond acceptors (Lipinski definition) is 4. The molecule has 0 unspecified atom stereocenters. The van der Waals surface area contributed by atoms with E-state index in [1.165, 1.54) is 11.6 Å². The Morgan fingerprint density at radius 1 is 1.03 bits per heavy atom. The van der Waals surface area contributed by atoms with E-state index in [0.717, 1.165) is 54.4 Å². The minimum absolute atomic E-state index is 0.173. The fourth-order valence-electron chi connectivity index (χ4n) is 5.69. The number of amides is 1. The number of carbonyl (C=O) groups is 1. The molecule has 0 bridgehead atoms. The van der Waals surface area contributed by atoms with E-state index >= 15 is 0 Å². The van der Waals surface area contributed by atoms with Crippen molar-refractivity contribution in [2.75, 3.05) is 23.4 Å². The van der Waals surface area contributed by atoms with Crippen LogP contribution in [0.4, 0.5) is 16.0 Å². The van der Waals surface area contributed by atoms with Crippen LogP contribution in [0.2, 0.25) is 5.02 Å². The molecule has 200 valence electrons. The van der Waals surface area contributed by atoms with E-state index in [2.05, 4.69) is 38.8 Å². The summed E-state index contributed by atoms with van der Waals surface area (Å²) in [5.41, 5.74) is 4.59. The van der Waals surface area contributed by atoms with E-state index in [9.17, 15) is 9.18 Å². The van der Waals surface area contributed by atoms with Crippen molar-refractivity contribution in [1.82, 2.24) is 14.8 Å². The summed E-state index contributed by atoms with van der Waals surface area (Å²) in [4.78, 5) is 16.3. The van der Waals surface area contributed by atoms with E-state index in [-0.39, 0.29) is 17.1 Å². The van der Waals surface area contributed by atoms with Crippen molar-refractivity contribution in [3.63, 3.8) is 0 Å². The number of aromatic nitrogens is 3. The van der Waals surface area contributed by atoms with Gasteiger partial charge in [0.25, 0.3) is 0 Å². The van der Waals surface area contributed by atoms with Gasteiger partial charge in [0, 0.05) is 37.3 Å². The van der Waals surface area contributed by atoms with Crippen LogP contribution in [0, 0.1) is 12.7 Å². The number of carbonyl (C=O) groups excluding carboxylic acids is 1. The Morgan fingerprint density at radius 2 is 1.82 bits per heavy atom. The van der Waals surface area contributed by atoms with Gasteiger partial charge in [-0.25, -0.2) is 4.39 Å². The third-order valence-corrected chi connectivity index (χ3v) is 8.18. The minimum atomic E-state index is -0.217. The summed E-state index contributed by atoms with van der Waals surface area (Å²) in [5.74, 6) is 1.63. The lowest BCUT2D eigenvalue weighted by Crippen LogP contribution is -2.25. The maximum atomic E-state index is 13.9. The molecule has 1 saturated heterocycles. The molecular weight excluding hydrogens is 513 g/mol. The zero-order chi connectivity index (χ0) is 27.1. The molecule has 0 spiro atoms. The predicted octanol–water partition coefficient (Wildman–Crippen LogP) is 6.27. The van der Waals surface area contributed by atoms with Crippen LogP contribution in [-0.2, 0) is 23.3 Å². The number of aryl methyl sites for hydroxylation is 1. The van der Waals surface area contributed by atoms with E-state index in [1.807, 2.05) is 48.3 Å². The first-order chi connectivity index (χ1) is 18.8. The first-order valence-electron chi connectivity index (χ1n) is 13.4. The SMILES string of the molecule is Cc1cc(CN(C)c2nnc(C3(c4ccc(Cl)cc4)CC3)n2Cc2cccc(N3CCCC3=O)c2)ccc1F. The Balaban J connectivity index is 1.38. The fourth-order valence-corrected chi connectivity index (χ4v) is 5.81. The average Bonchev–Trinajstić information content (AvgIpc) is 3.43. The molecule has 3 aromatic carbocycles. The second kappa shape index (κ2) is 10.1. The maximum Gasteiger partial charge on any atom is 0.227 e. The molecule has 1 saturated carbocycles. The minimum Gasteiger partial charge on any atom is -0.340 e. The van der Waals surface area contributed by atoms with Gasteiger partial charge in [-0.05, 0) is 78.8 Å². The Bertz CT molecular complexity index is 1530. The standard InChI is InChI=1S/C31H31ClFN5O/c1-21-17-23(8-13-27(21)33)19-36(2)30-35-34-29(31(14-15-31)24-9-11-25(32)12-10-24)38(30)20-22-5-3-6-26(18-22)37-16-4-7-28(37)39/h3,5-6,8-13,17-18H,4,7,14-16,19-20H2,1-2H3. The summed E-state index contributed by atoms with van der Waals surface area (Å²) in [7, 11) is 1.99. The lowest BCUT2D eigenvalue weighted by Gasteiger charge is -2.23. The van der Waals surface area contributed by atoms with Gasteiger partial charge >= 0.3 is 0 Å². The summed E-state index contributed by atoms with van der Waals surface area (Å²) in [6.07, 6.45) is 3.45. The highest BCUT2D eigenvalue weighted by Gasteiger charge is 2.50. The molecule has 1 aromatic heterocycles. The molecule has 1 amide bonds. The molecule has 1 aliphatic heterocycles. The summed E-state index contributed by atoms with van der Waals surface area (Å²) in [6.45, 7) is 3.66. The van der Waals surface area contributed by atoms with Crippen LogP contribution in [-0.4, -0.2) is 34.3 Å². The summed E-state index contributed by atoms with van der Waals surface area (Å²) < 4.78 is 16.1. The lowest BCUT2D eigenvalue weighted by molar-refractivity contribution is -0.117. The predicted molar refractivity (Wildman–Crippen MR) is 152 cm³/mol. The van der Waals surface area contributed by atoms with Crippen LogP contribution in [0.15, 0.2) is 66.7 Å². The molecule has 2 aliphatic rings. The van der Waals surface area contributed by atoms with E-state index in [4.69, 9.17) is 16.7 Å². The fraction of sp³-hybridized carbons (Fsp3) is 0.323. The van der Waals surface area contributed by atoms with Gasteiger partial charge in [-0.1, -0.05) is 48.0 Å². The molecule has 6 nitrogen and oxygen atoms in total. The number of nitrogens with zero attached hydrogens (tertiary/aromatic N) is 5. The van der Waals surface area contributed by atoms with Gasteiger partial charge < -0.3 is 9.80 Å². The highest BCUT2D eigenvalue weighted by Crippen LogP contribution is 2.53. The van der Waals surface area contributed by atoms with Gasteiger partial charge in [0.2, 0.25) is 11.9 Å². The average molecular weight is 544 g/mol. The molecule has 0 radical (unpaired) electrons. The summed E-state index contributed by atoms with van der Waals surface area (Å²) >= 11 is 6.20. The Hall–Kier alpha value is -3.71. The number of halogens is 2. The molecule has 0 atom stereocenters. The van der Waals surface area contributed by atoms with E-state index in [0.29, 0.717) is 30.1 Å². The van der Waals surface area contributed by atoms with Crippen LogP contribution in [0.3, 0.4) is 0 Å². The second-order valence-corrected chi connectivity index (χ2v) is 11.2. The topological polar surface area (TPSA) is 54.3 Å². The van der Waals surface area contributed by atoms with Crippen molar-refractivity contribution < 1.29 is 9.18 Å². The number of benzene rings is 3. The van der Waals surface area contributed by atoms with Crippen LogP contribution >= 0.6 is 11.6 Å². The highest BCUT2D eigenvalue weighted by molar-refractivity contribution is 6.30. The third kappa shape index (κ3) is 4.91. The smallest absolute Gasteiger partial charge is 0.227 e.